The molecule has 1 aromatic heterocycles. The van der Waals surface area contributed by atoms with Crippen molar-refractivity contribution in [3.63, 3.8) is 0 Å². The van der Waals surface area contributed by atoms with Gasteiger partial charge in [0.2, 0.25) is 5.88 Å². The number of halogens is 1. The second kappa shape index (κ2) is 6.80. The SMILES string of the molecule is COc1cccc(CNC(C)CCBr)n1. The number of alkyl halides is 1. The van der Waals surface area contributed by atoms with Gasteiger partial charge in [0, 0.05) is 24.0 Å². The van der Waals surface area contributed by atoms with Crippen LogP contribution in [-0.4, -0.2) is 23.5 Å². The van der Waals surface area contributed by atoms with E-state index in [1.165, 1.54) is 0 Å². The Labute approximate surface area is 99.4 Å². The first-order valence-corrected chi connectivity index (χ1v) is 6.17. The second-order valence-electron chi connectivity index (χ2n) is 3.43. The molecule has 4 heteroatoms. The number of aromatic nitrogens is 1. The van der Waals surface area contributed by atoms with Crippen molar-refractivity contribution in [1.82, 2.24) is 10.3 Å². The van der Waals surface area contributed by atoms with E-state index in [9.17, 15) is 0 Å². The van der Waals surface area contributed by atoms with Gasteiger partial charge in [-0.15, -0.1) is 0 Å². The second-order valence-corrected chi connectivity index (χ2v) is 4.22. The smallest absolute Gasteiger partial charge is 0.213 e. The fraction of sp³-hybridized carbons (Fsp3) is 0.545. The van der Waals surface area contributed by atoms with Crippen molar-refractivity contribution in [2.75, 3.05) is 12.4 Å². The number of rotatable bonds is 6. The molecule has 0 fully saturated rings. The number of nitrogens with one attached hydrogen (secondary N) is 1. The Balaban J connectivity index is 2.43. The van der Waals surface area contributed by atoms with Crippen LogP contribution in [0.1, 0.15) is 19.0 Å². The maximum Gasteiger partial charge on any atom is 0.213 e. The molecule has 1 N–H and O–H groups in total. The molecule has 3 nitrogen and oxygen atoms in total. The molecular weight excluding hydrogens is 256 g/mol. The number of hydrogen-bond acceptors (Lipinski definition) is 3. The van der Waals surface area contributed by atoms with Crippen LogP contribution >= 0.6 is 15.9 Å². The van der Waals surface area contributed by atoms with Gasteiger partial charge in [-0.25, -0.2) is 4.98 Å². The van der Waals surface area contributed by atoms with Gasteiger partial charge >= 0.3 is 0 Å². The normalized spacial score (nSPS) is 12.5. The van der Waals surface area contributed by atoms with Crippen LogP contribution in [0.4, 0.5) is 0 Å². The van der Waals surface area contributed by atoms with E-state index in [-0.39, 0.29) is 0 Å². The molecule has 0 aliphatic heterocycles. The molecule has 1 unspecified atom stereocenters. The number of pyridine rings is 1. The molecule has 0 aromatic carbocycles. The van der Waals surface area contributed by atoms with Crippen LogP contribution in [0.2, 0.25) is 0 Å². The number of hydrogen-bond donors (Lipinski definition) is 1. The predicted molar refractivity (Wildman–Crippen MR) is 65.5 cm³/mol. The van der Waals surface area contributed by atoms with Crippen molar-refractivity contribution in [1.29, 1.82) is 0 Å². The molecule has 1 aromatic rings. The molecule has 1 heterocycles. The van der Waals surface area contributed by atoms with Gasteiger partial charge in [-0.1, -0.05) is 22.0 Å². The van der Waals surface area contributed by atoms with Gasteiger partial charge in [0.1, 0.15) is 0 Å². The van der Waals surface area contributed by atoms with E-state index in [1.807, 2.05) is 18.2 Å². The summed E-state index contributed by atoms with van der Waals surface area (Å²) in [7, 11) is 1.63. The minimum Gasteiger partial charge on any atom is -0.481 e. The van der Waals surface area contributed by atoms with E-state index in [2.05, 4.69) is 33.2 Å². The minimum absolute atomic E-state index is 0.498. The van der Waals surface area contributed by atoms with Crippen LogP contribution in [-0.2, 0) is 6.54 Å². The van der Waals surface area contributed by atoms with Crippen LogP contribution in [0, 0.1) is 0 Å². The Morgan fingerprint density at radius 3 is 3.00 bits per heavy atom. The molecule has 0 saturated heterocycles. The maximum atomic E-state index is 5.06. The van der Waals surface area contributed by atoms with Crippen LogP contribution < -0.4 is 10.1 Å². The average Bonchev–Trinajstić information content (AvgIpc) is 2.27. The number of ether oxygens (including phenoxy) is 1. The summed E-state index contributed by atoms with van der Waals surface area (Å²) in [6.07, 6.45) is 1.12. The first kappa shape index (κ1) is 12.5. The molecule has 0 aliphatic carbocycles. The van der Waals surface area contributed by atoms with Gasteiger partial charge in [0.25, 0.3) is 0 Å². The van der Waals surface area contributed by atoms with Gasteiger partial charge < -0.3 is 10.1 Å². The third-order valence-corrected chi connectivity index (χ3v) is 2.62. The summed E-state index contributed by atoms with van der Waals surface area (Å²) in [6.45, 7) is 2.95. The van der Waals surface area contributed by atoms with E-state index in [0.717, 1.165) is 24.0 Å². The Hall–Kier alpha value is -0.610. The lowest BCUT2D eigenvalue weighted by molar-refractivity contribution is 0.395. The van der Waals surface area contributed by atoms with Crippen molar-refractivity contribution in [2.45, 2.75) is 25.9 Å². The van der Waals surface area contributed by atoms with Crippen LogP contribution in [0.15, 0.2) is 18.2 Å². The third kappa shape index (κ3) is 4.62. The molecule has 0 amide bonds. The summed E-state index contributed by atoms with van der Waals surface area (Å²) < 4.78 is 5.06. The first-order chi connectivity index (χ1) is 7.26. The first-order valence-electron chi connectivity index (χ1n) is 5.05. The van der Waals surface area contributed by atoms with E-state index in [4.69, 9.17) is 4.74 Å². The molecule has 1 atom stereocenters. The van der Waals surface area contributed by atoms with E-state index in [1.54, 1.807) is 7.11 Å². The van der Waals surface area contributed by atoms with Crippen molar-refractivity contribution in [2.24, 2.45) is 0 Å². The van der Waals surface area contributed by atoms with Gasteiger partial charge in [0.05, 0.1) is 12.8 Å². The Morgan fingerprint density at radius 1 is 1.53 bits per heavy atom. The lowest BCUT2D eigenvalue weighted by Crippen LogP contribution is -2.26. The zero-order valence-electron chi connectivity index (χ0n) is 9.16. The highest BCUT2D eigenvalue weighted by molar-refractivity contribution is 9.09. The van der Waals surface area contributed by atoms with E-state index in [0.29, 0.717) is 11.9 Å². The summed E-state index contributed by atoms with van der Waals surface area (Å²) in [5, 5.41) is 4.42. The highest BCUT2D eigenvalue weighted by Gasteiger charge is 2.01. The Bertz CT molecular complexity index is 294. The number of methoxy groups -OCH3 is 1. The third-order valence-electron chi connectivity index (χ3n) is 2.16. The standard InChI is InChI=1S/C11H17BrN2O/c1-9(6-7-12)13-8-10-4-3-5-11(14-10)15-2/h3-5,9,13H,6-8H2,1-2H3. The fourth-order valence-corrected chi connectivity index (χ4v) is 1.90. The largest absolute Gasteiger partial charge is 0.481 e. The summed E-state index contributed by atoms with van der Waals surface area (Å²) in [4.78, 5) is 4.33. The van der Waals surface area contributed by atoms with Gasteiger partial charge in [-0.3, -0.25) is 0 Å². The summed E-state index contributed by atoms with van der Waals surface area (Å²) >= 11 is 3.42. The van der Waals surface area contributed by atoms with Crippen LogP contribution in [0.5, 0.6) is 5.88 Å². The van der Waals surface area contributed by atoms with Crippen molar-refractivity contribution >= 4 is 15.9 Å². The van der Waals surface area contributed by atoms with Gasteiger partial charge in [-0.2, -0.15) is 0 Å². The van der Waals surface area contributed by atoms with E-state index >= 15 is 0 Å². The number of nitrogens with zero attached hydrogens (tertiary/aromatic N) is 1. The quantitative estimate of drug-likeness (QED) is 0.808. The minimum atomic E-state index is 0.498. The summed E-state index contributed by atoms with van der Waals surface area (Å²) in [5.41, 5.74) is 1.01. The monoisotopic (exact) mass is 272 g/mol. The maximum absolute atomic E-state index is 5.06. The van der Waals surface area contributed by atoms with Crippen LogP contribution in [0.25, 0.3) is 0 Å². The fourth-order valence-electron chi connectivity index (χ4n) is 1.21. The lowest BCUT2D eigenvalue weighted by Gasteiger charge is -2.11. The molecule has 0 radical (unpaired) electrons. The van der Waals surface area contributed by atoms with Crippen LogP contribution in [0.3, 0.4) is 0 Å². The zero-order valence-corrected chi connectivity index (χ0v) is 10.8. The molecule has 1 rings (SSSR count). The molecule has 0 saturated carbocycles. The Kier molecular flexibility index (Phi) is 5.65. The molecule has 0 spiro atoms. The summed E-state index contributed by atoms with van der Waals surface area (Å²) in [5.74, 6) is 0.669. The van der Waals surface area contributed by atoms with Crippen molar-refractivity contribution < 1.29 is 4.74 Å². The topological polar surface area (TPSA) is 34.1 Å². The van der Waals surface area contributed by atoms with Crippen molar-refractivity contribution in [3.8, 4) is 5.88 Å². The molecule has 84 valence electrons. The Morgan fingerprint density at radius 2 is 2.33 bits per heavy atom. The highest BCUT2D eigenvalue weighted by Crippen LogP contribution is 2.06. The van der Waals surface area contributed by atoms with Gasteiger partial charge in [0.15, 0.2) is 0 Å². The van der Waals surface area contributed by atoms with Gasteiger partial charge in [-0.05, 0) is 19.4 Å². The molecule has 15 heavy (non-hydrogen) atoms. The zero-order chi connectivity index (χ0) is 11.1. The molecular formula is C11H17BrN2O. The summed E-state index contributed by atoms with van der Waals surface area (Å²) in [6, 6.07) is 6.30. The van der Waals surface area contributed by atoms with E-state index < -0.39 is 0 Å². The predicted octanol–water partition coefficient (Wildman–Crippen LogP) is 2.35. The lowest BCUT2D eigenvalue weighted by atomic mass is 10.2. The molecule has 0 bridgehead atoms. The highest BCUT2D eigenvalue weighted by atomic mass is 79.9. The van der Waals surface area contributed by atoms with Crippen molar-refractivity contribution in [3.05, 3.63) is 23.9 Å². The molecule has 0 aliphatic rings. The average molecular weight is 273 g/mol.